The van der Waals surface area contributed by atoms with Gasteiger partial charge in [0.05, 0.1) is 10.7 Å². The van der Waals surface area contributed by atoms with Crippen LogP contribution in [0.3, 0.4) is 0 Å². The molecule has 2 fully saturated rings. The van der Waals surface area contributed by atoms with Crippen LogP contribution in [0.2, 0.25) is 5.02 Å². The molecule has 2 atom stereocenters. The molecule has 104 valence electrons. The number of hydrogen-bond acceptors (Lipinski definition) is 3. The first kappa shape index (κ1) is 13.2. The summed E-state index contributed by atoms with van der Waals surface area (Å²) in [6.07, 6.45) is 6.81. The molecule has 3 nitrogen and oxygen atoms in total. The van der Waals surface area contributed by atoms with Crippen LogP contribution in [0.15, 0.2) is 12.1 Å². The lowest BCUT2D eigenvalue weighted by atomic mass is 9.92. The molecule has 0 amide bonds. The number of aromatic nitrogens is 1. The zero-order valence-corrected chi connectivity index (χ0v) is 12.3. The first-order chi connectivity index (χ1) is 9.29. The fraction of sp³-hybridized carbons (Fsp3) is 0.667. The van der Waals surface area contributed by atoms with Gasteiger partial charge in [-0.05, 0) is 50.8 Å². The van der Waals surface area contributed by atoms with Crippen LogP contribution in [0.1, 0.15) is 37.8 Å². The summed E-state index contributed by atoms with van der Waals surface area (Å²) in [6, 6.07) is 4.79. The van der Waals surface area contributed by atoms with Crippen LogP contribution in [-0.4, -0.2) is 24.6 Å². The monoisotopic (exact) mass is 279 g/mol. The van der Waals surface area contributed by atoms with E-state index < -0.39 is 0 Å². The lowest BCUT2D eigenvalue weighted by molar-refractivity contribution is 0.360. The van der Waals surface area contributed by atoms with E-state index in [1.165, 1.54) is 32.1 Å². The number of hydrogen-bond donors (Lipinski definition) is 1. The molecule has 0 radical (unpaired) electrons. The Balaban J connectivity index is 1.86. The van der Waals surface area contributed by atoms with Gasteiger partial charge in [-0.3, -0.25) is 0 Å². The Morgan fingerprint density at radius 2 is 2.16 bits per heavy atom. The maximum Gasteiger partial charge on any atom is 0.129 e. The summed E-state index contributed by atoms with van der Waals surface area (Å²) in [7, 11) is 1.93. The second kappa shape index (κ2) is 5.68. The minimum Gasteiger partial charge on any atom is -0.353 e. The average Bonchev–Trinajstić information content (AvgIpc) is 2.90. The predicted molar refractivity (Wildman–Crippen MR) is 79.7 cm³/mol. The molecule has 0 bridgehead atoms. The Hall–Kier alpha value is -0.800. The minimum atomic E-state index is 0.713. The fourth-order valence-corrected chi connectivity index (χ4v) is 3.83. The molecular weight excluding hydrogens is 258 g/mol. The van der Waals surface area contributed by atoms with E-state index in [-0.39, 0.29) is 0 Å². The largest absolute Gasteiger partial charge is 0.353 e. The van der Waals surface area contributed by atoms with E-state index in [4.69, 9.17) is 16.6 Å². The predicted octanol–water partition coefficient (Wildman–Crippen LogP) is 3.22. The van der Waals surface area contributed by atoms with E-state index in [9.17, 15) is 0 Å². The van der Waals surface area contributed by atoms with Crippen molar-refractivity contribution in [2.75, 3.05) is 18.5 Å². The van der Waals surface area contributed by atoms with E-state index in [2.05, 4.69) is 16.3 Å². The van der Waals surface area contributed by atoms with Gasteiger partial charge in [0, 0.05) is 19.1 Å². The van der Waals surface area contributed by atoms with Crippen molar-refractivity contribution in [3.05, 3.63) is 22.8 Å². The van der Waals surface area contributed by atoms with Crippen LogP contribution in [-0.2, 0) is 6.54 Å². The van der Waals surface area contributed by atoms with Crippen LogP contribution in [0, 0.1) is 5.92 Å². The number of rotatable bonds is 3. The van der Waals surface area contributed by atoms with Crippen LogP contribution < -0.4 is 10.2 Å². The van der Waals surface area contributed by atoms with Crippen molar-refractivity contribution in [3.63, 3.8) is 0 Å². The summed E-state index contributed by atoms with van der Waals surface area (Å²) in [5.74, 6) is 2.00. The zero-order valence-electron chi connectivity index (χ0n) is 11.5. The van der Waals surface area contributed by atoms with E-state index in [0.29, 0.717) is 6.04 Å². The summed E-state index contributed by atoms with van der Waals surface area (Å²) < 4.78 is 0. The van der Waals surface area contributed by atoms with Crippen LogP contribution in [0.5, 0.6) is 0 Å². The Morgan fingerprint density at radius 3 is 3.00 bits per heavy atom. The number of nitrogens with zero attached hydrogens (tertiary/aromatic N) is 2. The van der Waals surface area contributed by atoms with Crippen molar-refractivity contribution in [2.45, 2.75) is 44.7 Å². The first-order valence-electron chi connectivity index (χ1n) is 7.36. The number of nitrogens with one attached hydrogen (secondary N) is 1. The summed E-state index contributed by atoms with van der Waals surface area (Å²) >= 11 is 6.20. The highest BCUT2D eigenvalue weighted by molar-refractivity contribution is 6.31. The molecule has 1 aromatic heterocycles. The molecule has 19 heavy (non-hydrogen) atoms. The van der Waals surface area contributed by atoms with Crippen molar-refractivity contribution >= 4 is 17.4 Å². The van der Waals surface area contributed by atoms with Gasteiger partial charge < -0.3 is 10.2 Å². The lowest BCUT2D eigenvalue weighted by Crippen LogP contribution is -2.43. The van der Waals surface area contributed by atoms with Gasteiger partial charge in [0.15, 0.2) is 0 Å². The van der Waals surface area contributed by atoms with Crippen molar-refractivity contribution in [2.24, 2.45) is 5.92 Å². The van der Waals surface area contributed by atoms with Gasteiger partial charge in [0.2, 0.25) is 0 Å². The summed E-state index contributed by atoms with van der Waals surface area (Å²) in [6.45, 7) is 1.88. The fourth-order valence-electron chi connectivity index (χ4n) is 3.66. The van der Waals surface area contributed by atoms with E-state index >= 15 is 0 Å². The normalized spacial score (nSPS) is 26.5. The first-order valence-corrected chi connectivity index (χ1v) is 7.74. The summed E-state index contributed by atoms with van der Waals surface area (Å²) in [4.78, 5) is 7.30. The quantitative estimate of drug-likeness (QED) is 0.921. The van der Waals surface area contributed by atoms with Crippen molar-refractivity contribution < 1.29 is 0 Å². The Labute approximate surface area is 120 Å². The summed E-state index contributed by atoms with van der Waals surface area (Å²) in [5, 5.41) is 3.90. The van der Waals surface area contributed by atoms with Gasteiger partial charge >= 0.3 is 0 Å². The second-order valence-corrected chi connectivity index (χ2v) is 6.13. The Morgan fingerprint density at radius 1 is 1.32 bits per heavy atom. The molecule has 2 heterocycles. The molecule has 1 aliphatic heterocycles. The van der Waals surface area contributed by atoms with Gasteiger partial charge in [-0.2, -0.15) is 0 Å². The Bertz CT molecular complexity index is 449. The number of pyridine rings is 1. The molecule has 1 saturated heterocycles. The number of halogens is 1. The standard InChI is InChI=1S/C15H22ClN3/c1-17-10-13-12(16)7-8-15(18-13)19-9-3-5-11-4-2-6-14(11)19/h7-8,11,14,17H,2-6,9-10H2,1H3. The third-order valence-corrected chi connectivity index (χ3v) is 4.88. The van der Waals surface area contributed by atoms with Crippen molar-refractivity contribution in [1.82, 2.24) is 10.3 Å². The minimum absolute atomic E-state index is 0.713. The second-order valence-electron chi connectivity index (χ2n) is 5.72. The molecule has 1 N–H and O–H groups in total. The highest BCUT2D eigenvalue weighted by Gasteiger charge is 2.35. The topological polar surface area (TPSA) is 28.2 Å². The third kappa shape index (κ3) is 2.59. The average molecular weight is 280 g/mol. The third-order valence-electron chi connectivity index (χ3n) is 4.54. The van der Waals surface area contributed by atoms with Crippen LogP contribution in [0.4, 0.5) is 5.82 Å². The van der Waals surface area contributed by atoms with Gasteiger partial charge in [0.25, 0.3) is 0 Å². The molecule has 2 aliphatic rings. The highest BCUT2D eigenvalue weighted by Crippen LogP contribution is 2.38. The zero-order chi connectivity index (χ0) is 13.2. The summed E-state index contributed by atoms with van der Waals surface area (Å²) in [5.41, 5.74) is 0.960. The van der Waals surface area contributed by atoms with Gasteiger partial charge in [-0.15, -0.1) is 0 Å². The van der Waals surface area contributed by atoms with E-state index in [1.54, 1.807) is 0 Å². The molecule has 0 spiro atoms. The molecule has 3 rings (SSSR count). The lowest BCUT2D eigenvalue weighted by Gasteiger charge is -2.38. The van der Waals surface area contributed by atoms with Gasteiger partial charge in [-0.1, -0.05) is 18.0 Å². The maximum absolute atomic E-state index is 6.20. The van der Waals surface area contributed by atoms with Crippen molar-refractivity contribution in [1.29, 1.82) is 0 Å². The molecule has 0 aromatic carbocycles. The molecular formula is C15H22ClN3. The SMILES string of the molecule is CNCc1nc(N2CCCC3CCCC32)ccc1Cl. The molecule has 1 aliphatic carbocycles. The highest BCUT2D eigenvalue weighted by atomic mass is 35.5. The number of piperidine rings is 1. The van der Waals surface area contributed by atoms with Crippen LogP contribution in [0.25, 0.3) is 0 Å². The maximum atomic E-state index is 6.20. The van der Waals surface area contributed by atoms with E-state index in [0.717, 1.165) is 35.5 Å². The smallest absolute Gasteiger partial charge is 0.129 e. The molecule has 2 unspecified atom stereocenters. The Kier molecular flexibility index (Phi) is 3.94. The van der Waals surface area contributed by atoms with Crippen LogP contribution >= 0.6 is 11.6 Å². The number of anilines is 1. The molecule has 1 saturated carbocycles. The van der Waals surface area contributed by atoms with Gasteiger partial charge in [0.1, 0.15) is 5.82 Å². The number of fused-ring (bicyclic) bond motifs is 1. The molecule has 1 aromatic rings. The van der Waals surface area contributed by atoms with Gasteiger partial charge in [-0.25, -0.2) is 4.98 Å². The molecule has 4 heteroatoms. The van der Waals surface area contributed by atoms with Crippen molar-refractivity contribution in [3.8, 4) is 0 Å². The van der Waals surface area contributed by atoms with E-state index in [1.807, 2.05) is 13.1 Å².